The molecule has 0 bridgehead atoms. The van der Waals surface area contributed by atoms with E-state index >= 15 is 0 Å². The molecule has 3 heterocycles. The first kappa shape index (κ1) is 24.6. The van der Waals surface area contributed by atoms with Crippen LogP contribution in [0.5, 0.6) is 5.75 Å². The highest BCUT2D eigenvalue weighted by Gasteiger charge is 2.35. The first-order chi connectivity index (χ1) is 16.3. The fourth-order valence-electron chi connectivity index (χ4n) is 3.50. The van der Waals surface area contributed by atoms with E-state index in [1.807, 2.05) is 0 Å². The zero-order valence-corrected chi connectivity index (χ0v) is 20.9. The first-order valence-corrected chi connectivity index (χ1v) is 12.8. The second-order valence-electron chi connectivity index (χ2n) is 7.59. The molecule has 3 aromatic rings. The number of ether oxygens (including phenoxy) is 2. The summed E-state index contributed by atoms with van der Waals surface area (Å²) in [7, 11) is -2.73. The normalized spacial score (nSPS) is 20.7. The number of benzene rings is 1. The number of nitrogens with one attached hydrogen (secondary N) is 1. The summed E-state index contributed by atoms with van der Waals surface area (Å²) in [6, 6.07) is 5.87. The van der Waals surface area contributed by atoms with Crippen molar-refractivity contribution >= 4 is 46.6 Å². The van der Waals surface area contributed by atoms with E-state index in [0.717, 1.165) is 4.47 Å². The molecule has 182 valence electrons. The van der Waals surface area contributed by atoms with E-state index < -0.39 is 19.8 Å². The summed E-state index contributed by atoms with van der Waals surface area (Å²) in [5, 5.41) is 2.62. The third-order valence-electron chi connectivity index (χ3n) is 5.14. The minimum absolute atomic E-state index is 0.0353. The number of nitrogen functional groups attached to an aromatic ring is 1. The Morgan fingerprint density at radius 3 is 2.97 bits per heavy atom. The van der Waals surface area contributed by atoms with Crippen LogP contribution in [0.4, 0.5) is 5.82 Å². The Hall–Kier alpha value is -2.57. The van der Waals surface area contributed by atoms with Gasteiger partial charge in [-0.15, -0.1) is 0 Å². The van der Waals surface area contributed by atoms with Crippen molar-refractivity contribution in [2.75, 3.05) is 19.5 Å². The number of hydrogen-bond acceptors (Lipinski definition) is 10. The lowest BCUT2D eigenvalue weighted by Gasteiger charge is -2.24. The standard InChI is InChI=1S/C20H24BrN6O6P/c1-12(20(28)30-2)26-34(29,33-14-5-3-4-13(21)8-14)31-9-15-6-7-16(32-15)27-11-25-17-18(22)23-10-24-19(17)27/h3-5,8,10-12,15-16H,6-7,9H2,1-2H3,(H,26,29)(H2,22,23,24). The third kappa shape index (κ3) is 5.56. The molecule has 34 heavy (non-hydrogen) atoms. The van der Waals surface area contributed by atoms with Crippen LogP contribution >= 0.6 is 23.7 Å². The molecule has 4 atom stereocenters. The van der Waals surface area contributed by atoms with Crippen LogP contribution in [0, 0.1) is 0 Å². The van der Waals surface area contributed by atoms with Gasteiger partial charge in [0.2, 0.25) is 0 Å². The Balaban J connectivity index is 1.45. The molecule has 2 aromatic heterocycles. The minimum atomic E-state index is -3.97. The quantitative estimate of drug-likeness (QED) is 0.296. The van der Waals surface area contributed by atoms with Crippen LogP contribution in [0.3, 0.4) is 0 Å². The van der Waals surface area contributed by atoms with Crippen LogP contribution in [-0.2, 0) is 23.4 Å². The SMILES string of the molecule is COC(=O)C(C)NP(=O)(OCC1CCC(n2cnc3c(N)ncnc32)O1)Oc1cccc(Br)c1. The molecule has 0 amide bonds. The number of nitrogens with two attached hydrogens (primary N) is 1. The largest absolute Gasteiger partial charge is 0.468 e. The Morgan fingerprint density at radius 1 is 1.38 bits per heavy atom. The molecule has 0 aliphatic carbocycles. The lowest BCUT2D eigenvalue weighted by molar-refractivity contribution is -0.142. The number of anilines is 1. The summed E-state index contributed by atoms with van der Waals surface area (Å²) in [5.74, 6) is -0.0141. The van der Waals surface area contributed by atoms with Gasteiger partial charge in [-0.25, -0.2) is 19.5 Å². The number of carbonyl (C=O) groups is 1. The van der Waals surface area contributed by atoms with Gasteiger partial charge in [-0.2, -0.15) is 5.09 Å². The Labute approximate surface area is 203 Å². The molecule has 14 heteroatoms. The predicted octanol–water partition coefficient (Wildman–Crippen LogP) is 3.20. The lowest BCUT2D eigenvalue weighted by Crippen LogP contribution is -2.35. The van der Waals surface area contributed by atoms with Gasteiger partial charge >= 0.3 is 13.7 Å². The number of methoxy groups -OCH3 is 1. The van der Waals surface area contributed by atoms with Crippen molar-refractivity contribution in [1.29, 1.82) is 0 Å². The number of nitrogens with zero attached hydrogens (tertiary/aromatic N) is 4. The molecular formula is C20H24BrN6O6P. The van der Waals surface area contributed by atoms with Gasteiger partial charge in [-0.3, -0.25) is 13.9 Å². The second-order valence-corrected chi connectivity index (χ2v) is 10.2. The highest BCUT2D eigenvalue weighted by molar-refractivity contribution is 9.10. The van der Waals surface area contributed by atoms with Gasteiger partial charge in [0, 0.05) is 4.47 Å². The molecule has 1 aliphatic heterocycles. The Bertz CT molecular complexity index is 1230. The zero-order valence-electron chi connectivity index (χ0n) is 18.5. The van der Waals surface area contributed by atoms with Crippen LogP contribution in [0.25, 0.3) is 11.2 Å². The zero-order chi connectivity index (χ0) is 24.3. The average molecular weight is 555 g/mol. The fourth-order valence-corrected chi connectivity index (χ4v) is 5.39. The minimum Gasteiger partial charge on any atom is -0.468 e. The van der Waals surface area contributed by atoms with E-state index in [1.54, 1.807) is 35.2 Å². The van der Waals surface area contributed by atoms with Gasteiger partial charge in [0.1, 0.15) is 29.9 Å². The summed E-state index contributed by atoms with van der Waals surface area (Å²) in [6.07, 6.45) is 3.54. The van der Waals surface area contributed by atoms with Gasteiger partial charge in [0.25, 0.3) is 0 Å². The number of imidazole rings is 1. The molecule has 1 aliphatic rings. The van der Waals surface area contributed by atoms with Crippen LogP contribution < -0.4 is 15.3 Å². The van der Waals surface area contributed by atoms with Gasteiger partial charge in [0.15, 0.2) is 11.5 Å². The van der Waals surface area contributed by atoms with E-state index in [4.69, 9.17) is 24.3 Å². The van der Waals surface area contributed by atoms with Crippen LogP contribution in [0.15, 0.2) is 41.4 Å². The van der Waals surface area contributed by atoms with Crippen LogP contribution in [-0.4, -0.2) is 51.4 Å². The molecule has 4 rings (SSSR count). The molecule has 4 unspecified atom stereocenters. The molecule has 3 N–H and O–H groups in total. The van der Waals surface area contributed by atoms with Crippen LogP contribution in [0.1, 0.15) is 26.0 Å². The van der Waals surface area contributed by atoms with Crippen molar-refractivity contribution < 1.29 is 27.9 Å². The third-order valence-corrected chi connectivity index (χ3v) is 7.28. The summed E-state index contributed by atoms with van der Waals surface area (Å²) in [5.41, 5.74) is 6.92. The number of hydrogen-bond donors (Lipinski definition) is 2. The van der Waals surface area contributed by atoms with Gasteiger partial charge in [-0.1, -0.05) is 22.0 Å². The highest BCUT2D eigenvalue weighted by atomic mass is 79.9. The lowest BCUT2D eigenvalue weighted by atomic mass is 10.2. The average Bonchev–Trinajstić information content (AvgIpc) is 3.44. The Kier molecular flexibility index (Phi) is 7.48. The summed E-state index contributed by atoms with van der Waals surface area (Å²) >= 11 is 3.35. The molecule has 1 saturated heterocycles. The smallest absolute Gasteiger partial charge is 0.459 e. The van der Waals surface area contributed by atoms with Crippen molar-refractivity contribution in [3.8, 4) is 5.75 Å². The number of rotatable bonds is 9. The number of aromatic nitrogens is 4. The van der Waals surface area contributed by atoms with Crippen molar-refractivity contribution in [2.45, 2.75) is 38.1 Å². The maximum atomic E-state index is 13.5. The monoisotopic (exact) mass is 554 g/mol. The maximum Gasteiger partial charge on any atom is 0.459 e. The number of carbonyl (C=O) groups excluding carboxylic acids is 1. The predicted molar refractivity (Wildman–Crippen MR) is 126 cm³/mol. The van der Waals surface area contributed by atoms with E-state index in [9.17, 15) is 9.36 Å². The molecule has 0 saturated carbocycles. The van der Waals surface area contributed by atoms with Gasteiger partial charge in [-0.05, 0) is 38.0 Å². The molecule has 1 fully saturated rings. The molecule has 0 spiro atoms. The van der Waals surface area contributed by atoms with Crippen molar-refractivity contribution in [2.24, 2.45) is 0 Å². The van der Waals surface area contributed by atoms with Gasteiger partial charge < -0.3 is 19.7 Å². The van der Waals surface area contributed by atoms with Crippen molar-refractivity contribution in [3.05, 3.63) is 41.4 Å². The summed E-state index contributed by atoms with van der Waals surface area (Å²) < 4.78 is 38.2. The molecular weight excluding hydrogens is 531 g/mol. The van der Waals surface area contributed by atoms with Gasteiger partial charge in [0.05, 0.1) is 26.1 Å². The van der Waals surface area contributed by atoms with Crippen LogP contribution in [0.2, 0.25) is 0 Å². The molecule has 0 radical (unpaired) electrons. The highest BCUT2D eigenvalue weighted by Crippen LogP contribution is 2.46. The summed E-state index contributed by atoms with van der Waals surface area (Å²) in [6.45, 7) is 1.47. The van der Waals surface area contributed by atoms with Crippen molar-refractivity contribution in [1.82, 2.24) is 24.6 Å². The first-order valence-electron chi connectivity index (χ1n) is 10.4. The summed E-state index contributed by atoms with van der Waals surface area (Å²) in [4.78, 5) is 24.3. The maximum absolute atomic E-state index is 13.5. The molecule has 1 aromatic carbocycles. The molecule has 12 nitrogen and oxygen atoms in total. The van der Waals surface area contributed by atoms with E-state index in [-0.39, 0.29) is 24.8 Å². The van der Waals surface area contributed by atoms with E-state index in [1.165, 1.54) is 20.4 Å². The Morgan fingerprint density at radius 2 is 2.21 bits per heavy atom. The van der Waals surface area contributed by atoms with E-state index in [0.29, 0.717) is 29.8 Å². The topological polar surface area (TPSA) is 153 Å². The second kappa shape index (κ2) is 10.4. The number of halogens is 1. The fraction of sp³-hybridized carbons (Fsp3) is 0.400. The number of esters is 1. The van der Waals surface area contributed by atoms with E-state index in [2.05, 4.69) is 36.0 Å². The number of fused-ring (bicyclic) bond motifs is 1. The van der Waals surface area contributed by atoms with Crippen molar-refractivity contribution in [3.63, 3.8) is 0 Å².